The Morgan fingerprint density at radius 1 is 1.22 bits per heavy atom. The fourth-order valence-electron chi connectivity index (χ4n) is 5.15. The van der Waals surface area contributed by atoms with Crippen LogP contribution in [0.1, 0.15) is 30.9 Å². The molecule has 1 saturated heterocycles. The largest absolute Gasteiger partial charge is 0.392 e. The van der Waals surface area contributed by atoms with Crippen LogP contribution in [0.5, 0.6) is 0 Å². The van der Waals surface area contributed by atoms with Crippen molar-refractivity contribution in [1.82, 2.24) is 14.5 Å². The second-order valence-electron chi connectivity index (χ2n) is 7.70. The van der Waals surface area contributed by atoms with Gasteiger partial charge in [-0.1, -0.05) is 24.3 Å². The molecule has 3 unspecified atom stereocenters. The summed E-state index contributed by atoms with van der Waals surface area (Å²) in [6, 6.07) is 8.86. The van der Waals surface area contributed by atoms with Crippen molar-refractivity contribution in [1.29, 1.82) is 0 Å². The molecular weight excluding hydrogens is 286 g/mol. The average molecular weight is 309 g/mol. The van der Waals surface area contributed by atoms with Crippen molar-refractivity contribution >= 4 is 0 Å². The fraction of sp³-hybridized carbons (Fsp3) is 0.526. The lowest BCUT2D eigenvalue weighted by Gasteiger charge is -2.57. The normalized spacial score (nSPS) is 31.7. The van der Waals surface area contributed by atoms with Crippen LogP contribution in [0.3, 0.4) is 0 Å². The highest BCUT2D eigenvalue weighted by Crippen LogP contribution is 2.59. The van der Waals surface area contributed by atoms with Gasteiger partial charge < -0.3 is 14.6 Å². The first-order valence-corrected chi connectivity index (χ1v) is 8.67. The summed E-state index contributed by atoms with van der Waals surface area (Å²) in [7, 11) is 2.18. The Morgan fingerprint density at radius 3 is 2.78 bits per heavy atom. The number of rotatable bonds is 1. The molecule has 5 rings (SSSR count). The molecule has 0 radical (unpaired) electrons. The summed E-state index contributed by atoms with van der Waals surface area (Å²) in [5, 5.41) is 11.1. The molecule has 4 nitrogen and oxygen atoms in total. The third kappa shape index (κ3) is 1.76. The smallest absolute Gasteiger partial charge is 0.0956 e. The Hall–Kier alpha value is -1.65. The van der Waals surface area contributed by atoms with Gasteiger partial charge in [0, 0.05) is 11.5 Å². The minimum absolute atomic E-state index is 0.162. The lowest BCUT2D eigenvalue weighted by molar-refractivity contribution is -0.156. The highest BCUT2D eigenvalue weighted by molar-refractivity contribution is 5.69. The van der Waals surface area contributed by atoms with Crippen LogP contribution in [0.25, 0.3) is 11.3 Å². The first-order chi connectivity index (χ1) is 11.2. The number of aromatic nitrogens is 2. The number of piperidine rings is 1. The number of hydrogen-bond acceptors (Lipinski definition) is 3. The van der Waals surface area contributed by atoms with Crippen LogP contribution < -0.4 is 0 Å². The van der Waals surface area contributed by atoms with Crippen molar-refractivity contribution in [2.24, 2.45) is 11.3 Å². The molecule has 1 aromatic carbocycles. The molecule has 1 aliphatic carbocycles. The Morgan fingerprint density at radius 2 is 2.00 bits per heavy atom. The molecule has 120 valence electrons. The lowest BCUT2D eigenvalue weighted by atomic mass is 9.53. The summed E-state index contributed by atoms with van der Waals surface area (Å²) in [6.07, 6.45) is 7.10. The van der Waals surface area contributed by atoms with Crippen molar-refractivity contribution in [3.63, 3.8) is 0 Å². The Balaban J connectivity index is 1.48. The number of fused-ring (bicyclic) bond motifs is 3. The van der Waals surface area contributed by atoms with E-state index in [1.54, 1.807) is 0 Å². The van der Waals surface area contributed by atoms with Crippen molar-refractivity contribution < 1.29 is 5.11 Å². The summed E-state index contributed by atoms with van der Waals surface area (Å²) in [5.41, 5.74) is 4.00. The molecule has 1 aromatic heterocycles. The van der Waals surface area contributed by atoms with Gasteiger partial charge in [-0.05, 0) is 50.4 Å². The minimum atomic E-state index is -0.192. The monoisotopic (exact) mass is 309 g/mol. The SMILES string of the molecule is CN1CCC2(CC1)CC(C1c3ccccc3-c3cncn31)C2O. The number of likely N-dealkylation sites (tertiary alicyclic amines) is 1. The van der Waals surface area contributed by atoms with E-state index >= 15 is 0 Å². The van der Waals surface area contributed by atoms with E-state index in [1.165, 1.54) is 16.8 Å². The molecule has 0 bridgehead atoms. The summed E-state index contributed by atoms with van der Waals surface area (Å²) in [4.78, 5) is 6.73. The molecule has 3 heterocycles. The minimum Gasteiger partial charge on any atom is -0.392 e. The predicted octanol–water partition coefficient (Wildman–Crippen LogP) is 2.55. The zero-order valence-electron chi connectivity index (χ0n) is 13.5. The maximum absolute atomic E-state index is 11.1. The first-order valence-electron chi connectivity index (χ1n) is 8.67. The number of benzene rings is 1. The highest BCUT2D eigenvalue weighted by Gasteiger charge is 2.57. The number of aliphatic hydroxyl groups excluding tert-OH is 1. The quantitative estimate of drug-likeness (QED) is 0.880. The van der Waals surface area contributed by atoms with Gasteiger partial charge >= 0.3 is 0 Å². The van der Waals surface area contributed by atoms with E-state index in [1.807, 2.05) is 12.5 Å². The highest BCUT2D eigenvalue weighted by atomic mass is 16.3. The Labute approximate surface area is 136 Å². The zero-order valence-corrected chi connectivity index (χ0v) is 13.5. The van der Waals surface area contributed by atoms with Gasteiger partial charge in [-0.25, -0.2) is 4.98 Å². The average Bonchev–Trinajstić information content (AvgIpc) is 3.15. The maximum atomic E-state index is 11.1. The van der Waals surface area contributed by atoms with Crippen LogP contribution in [-0.2, 0) is 0 Å². The van der Waals surface area contributed by atoms with Crippen molar-refractivity contribution in [2.45, 2.75) is 31.4 Å². The molecule has 3 aliphatic rings. The van der Waals surface area contributed by atoms with E-state index in [4.69, 9.17) is 0 Å². The molecular formula is C19H23N3O. The van der Waals surface area contributed by atoms with E-state index < -0.39 is 0 Å². The van der Waals surface area contributed by atoms with Gasteiger partial charge in [-0.2, -0.15) is 0 Å². The van der Waals surface area contributed by atoms with Crippen molar-refractivity contribution in [3.05, 3.63) is 42.4 Å². The second-order valence-corrected chi connectivity index (χ2v) is 7.70. The third-order valence-electron chi connectivity index (χ3n) is 6.58. The lowest BCUT2D eigenvalue weighted by Crippen LogP contribution is -2.59. The second kappa shape index (κ2) is 4.68. The summed E-state index contributed by atoms with van der Waals surface area (Å²) in [6.45, 7) is 2.22. The number of nitrogens with zero attached hydrogens (tertiary/aromatic N) is 3. The topological polar surface area (TPSA) is 41.3 Å². The molecule has 3 atom stereocenters. The molecule has 0 amide bonds. The summed E-state index contributed by atoms with van der Waals surface area (Å²) < 4.78 is 2.28. The van der Waals surface area contributed by atoms with Crippen LogP contribution in [0.4, 0.5) is 0 Å². The summed E-state index contributed by atoms with van der Waals surface area (Å²) >= 11 is 0. The van der Waals surface area contributed by atoms with Crippen LogP contribution in [-0.4, -0.2) is 45.8 Å². The Kier molecular flexibility index (Phi) is 2.80. The van der Waals surface area contributed by atoms with Gasteiger partial charge in [-0.15, -0.1) is 0 Å². The number of hydrogen-bond donors (Lipinski definition) is 1. The van der Waals surface area contributed by atoms with Crippen LogP contribution in [0.15, 0.2) is 36.8 Å². The van der Waals surface area contributed by atoms with E-state index in [-0.39, 0.29) is 17.6 Å². The van der Waals surface area contributed by atoms with E-state index in [9.17, 15) is 5.11 Å². The van der Waals surface area contributed by atoms with E-state index in [0.29, 0.717) is 5.92 Å². The molecule has 4 heteroatoms. The maximum Gasteiger partial charge on any atom is 0.0956 e. The van der Waals surface area contributed by atoms with E-state index in [2.05, 4.69) is 45.8 Å². The predicted molar refractivity (Wildman–Crippen MR) is 89.1 cm³/mol. The van der Waals surface area contributed by atoms with Gasteiger partial charge in [0.1, 0.15) is 0 Å². The molecule has 2 fully saturated rings. The van der Waals surface area contributed by atoms with Crippen LogP contribution in [0.2, 0.25) is 0 Å². The number of imidazole rings is 1. The zero-order chi connectivity index (χ0) is 15.6. The first kappa shape index (κ1) is 13.8. The van der Waals surface area contributed by atoms with Crippen molar-refractivity contribution in [3.8, 4) is 11.3 Å². The molecule has 1 N–H and O–H groups in total. The molecule has 23 heavy (non-hydrogen) atoms. The van der Waals surface area contributed by atoms with E-state index in [0.717, 1.165) is 32.4 Å². The molecule has 1 spiro atoms. The van der Waals surface area contributed by atoms with Crippen LogP contribution >= 0.6 is 0 Å². The number of aliphatic hydroxyl groups is 1. The standard InChI is InChI=1S/C19H23N3O/c1-21-8-6-19(7-9-21)10-15(18(19)23)17-14-5-3-2-4-13(14)16-11-20-12-22(16)17/h2-5,11-12,15,17-18,23H,6-10H2,1H3. The van der Waals surface area contributed by atoms with Gasteiger partial charge in [0.2, 0.25) is 0 Å². The van der Waals surface area contributed by atoms with Gasteiger partial charge in [0.25, 0.3) is 0 Å². The molecule has 2 aromatic rings. The fourth-order valence-corrected chi connectivity index (χ4v) is 5.15. The van der Waals surface area contributed by atoms with Crippen LogP contribution in [0, 0.1) is 11.3 Å². The third-order valence-corrected chi connectivity index (χ3v) is 6.58. The van der Waals surface area contributed by atoms with Gasteiger partial charge in [0.05, 0.1) is 30.4 Å². The molecule has 1 saturated carbocycles. The summed E-state index contributed by atoms with van der Waals surface area (Å²) in [5.74, 6) is 0.315. The Bertz CT molecular complexity index is 745. The van der Waals surface area contributed by atoms with Gasteiger partial charge in [-0.3, -0.25) is 0 Å². The van der Waals surface area contributed by atoms with Crippen molar-refractivity contribution in [2.75, 3.05) is 20.1 Å². The molecule has 2 aliphatic heterocycles. The van der Waals surface area contributed by atoms with Gasteiger partial charge in [0.15, 0.2) is 0 Å².